The molecule has 2 N–H and O–H groups in total. The second kappa shape index (κ2) is 3.92. The summed E-state index contributed by atoms with van der Waals surface area (Å²) in [6, 6.07) is 0. The first-order valence-corrected chi connectivity index (χ1v) is 4.69. The molecule has 0 amide bonds. The van der Waals surface area contributed by atoms with E-state index in [4.69, 9.17) is 10.2 Å². The van der Waals surface area contributed by atoms with Gasteiger partial charge in [0.25, 0.3) is 0 Å². The molecular formula is C10H18N2O. The van der Waals surface area contributed by atoms with Crippen LogP contribution in [0.1, 0.15) is 38.8 Å². The minimum atomic E-state index is 0.0739. The molecule has 0 aromatic carbocycles. The molecule has 0 atom stereocenters. The van der Waals surface area contributed by atoms with E-state index in [-0.39, 0.29) is 5.41 Å². The van der Waals surface area contributed by atoms with Crippen LogP contribution in [0.25, 0.3) is 0 Å². The Kier molecular flexibility index (Phi) is 3.09. The third-order valence-electron chi connectivity index (χ3n) is 1.91. The van der Waals surface area contributed by atoms with Gasteiger partial charge >= 0.3 is 0 Å². The number of nitrogens with two attached hydrogens (primary N) is 1. The Morgan fingerprint density at radius 2 is 2.15 bits per heavy atom. The van der Waals surface area contributed by atoms with Gasteiger partial charge in [-0.25, -0.2) is 4.98 Å². The van der Waals surface area contributed by atoms with Crippen LogP contribution in [0.4, 0.5) is 0 Å². The fourth-order valence-corrected chi connectivity index (χ4v) is 1.02. The molecule has 0 spiro atoms. The maximum Gasteiger partial charge on any atom is 0.194 e. The van der Waals surface area contributed by atoms with Crippen molar-refractivity contribution in [3.8, 4) is 0 Å². The topological polar surface area (TPSA) is 52.0 Å². The van der Waals surface area contributed by atoms with E-state index in [0.717, 1.165) is 24.4 Å². The van der Waals surface area contributed by atoms with Gasteiger partial charge in [0, 0.05) is 11.8 Å². The maximum absolute atomic E-state index is 5.40. The summed E-state index contributed by atoms with van der Waals surface area (Å²) >= 11 is 0. The van der Waals surface area contributed by atoms with E-state index in [1.807, 2.05) is 0 Å². The molecule has 0 saturated carbocycles. The average molecular weight is 182 g/mol. The smallest absolute Gasteiger partial charge is 0.194 e. The first kappa shape index (κ1) is 10.3. The summed E-state index contributed by atoms with van der Waals surface area (Å²) in [6.45, 7) is 7.06. The molecule has 0 radical (unpaired) electrons. The Balaban J connectivity index is 2.64. The van der Waals surface area contributed by atoms with Crippen LogP contribution in [-0.4, -0.2) is 11.5 Å². The molecule has 13 heavy (non-hydrogen) atoms. The highest BCUT2D eigenvalue weighted by molar-refractivity contribution is 5.08. The van der Waals surface area contributed by atoms with Crippen LogP contribution in [0.15, 0.2) is 10.7 Å². The molecule has 1 aromatic rings. The fourth-order valence-electron chi connectivity index (χ4n) is 1.02. The van der Waals surface area contributed by atoms with Crippen LogP contribution in [0.3, 0.4) is 0 Å². The van der Waals surface area contributed by atoms with E-state index in [2.05, 4.69) is 25.8 Å². The predicted molar refractivity (Wildman–Crippen MR) is 52.6 cm³/mol. The quantitative estimate of drug-likeness (QED) is 0.776. The van der Waals surface area contributed by atoms with Gasteiger partial charge < -0.3 is 10.2 Å². The van der Waals surface area contributed by atoms with Crippen molar-refractivity contribution in [1.29, 1.82) is 0 Å². The average Bonchev–Trinajstić information content (AvgIpc) is 2.47. The van der Waals surface area contributed by atoms with Crippen molar-refractivity contribution in [2.24, 2.45) is 5.73 Å². The standard InChI is InChI=1S/C10H18N2O/c1-10(2,3)8-7-13-9(12-8)5-4-6-11/h7H,4-6,11H2,1-3H3. The molecule has 1 aromatic heterocycles. The zero-order chi connectivity index (χ0) is 9.90. The van der Waals surface area contributed by atoms with Gasteiger partial charge in [-0.05, 0) is 13.0 Å². The van der Waals surface area contributed by atoms with Crippen molar-refractivity contribution < 1.29 is 4.42 Å². The monoisotopic (exact) mass is 182 g/mol. The van der Waals surface area contributed by atoms with E-state index in [1.54, 1.807) is 6.26 Å². The normalized spacial score (nSPS) is 12.0. The van der Waals surface area contributed by atoms with Crippen molar-refractivity contribution in [1.82, 2.24) is 4.98 Å². The SMILES string of the molecule is CC(C)(C)c1coc(CCCN)n1. The molecule has 0 saturated heterocycles. The maximum atomic E-state index is 5.40. The minimum Gasteiger partial charge on any atom is -0.449 e. The molecule has 0 bridgehead atoms. The number of oxazole rings is 1. The van der Waals surface area contributed by atoms with Gasteiger partial charge in [0.15, 0.2) is 5.89 Å². The van der Waals surface area contributed by atoms with Crippen LogP contribution in [0.5, 0.6) is 0 Å². The van der Waals surface area contributed by atoms with Crippen LogP contribution < -0.4 is 5.73 Å². The Labute approximate surface area is 79.3 Å². The molecule has 0 aliphatic rings. The number of hydrogen-bond donors (Lipinski definition) is 1. The van der Waals surface area contributed by atoms with Crippen LogP contribution >= 0.6 is 0 Å². The van der Waals surface area contributed by atoms with Crippen molar-refractivity contribution in [3.05, 3.63) is 17.8 Å². The highest BCUT2D eigenvalue weighted by Gasteiger charge is 2.18. The number of rotatable bonds is 3. The molecule has 74 valence electrons. The number of aromatic nitrogens is 1. The number of hydrogen-bond acceptors (Lipinski definition) is 3. The lowest BCUT2D eigenvalue weighted by Gasteiger charge is -2.12. The Morgan fingerprint density at radius 3 is 2.62 bits per heavy atom. The lowest BCUT2D eigenvalue weighted by atomic mass is 9.93. The van der Waals surface area contributed by atoms with Gasteiger partial charge in [-0.2, -0.15) is 0 Å². The van der Waals surface area contributed by atoms with Crippen molar-refractivity contribution in [2.45, 2.75) is 39.0 Å². The van der Waals surface area contributed by atoms with Gasteiger partial charge in [0.2, 0.25) is 0 Å². The highest BCUT2D eigenvalue weighted by atomic mass is 16.3. The van der Waals surface area contributed by atoms with Crippen LogP contribution in [0, 0.1) is 0 Å². The van der Waals surface area contributed by atoms with Gasteiger partial charge in [-0.3, -0.25) is 0 Å². The molecular weight excluding hydrogens is 164 g/mol. The lowest BCUT2D eigenvalue weighted by molar-refractivity contribution is 0.486. The molecule has 0 aliphatic carbocycles. The Morgan fingerprint density at radius 1 is 1.46 bits per heavy atom. The summed E-state index contributed by atoms with van der Waals surface area (Å²) < 4.78 is 5.33. The van der Waals surface area contributed by atoms with Gasteiger partial charge in [0.1, 0.15) is 6.26 Å². The van der Waals surface area contributed by atoms with E-state index >= 15 is 0 Å². The lowest BCUT2D eigenvalue weighted by Crippen LogP contribution is -2.11. The number of nitrogens with zero attached hydrogens (tertiary/aromatic N) is 1. The Hall–Kier alpha value is -0.830. The van der Waals surface area contributed by atoms with Gasteiger partial charge in [0.05, 0.1) is 5.69 Å². The molecule has 0 unspecified atom stereocenters. The molecule has 1 rings (SSSR count). The first-order valence-electron chi connectivity index (χ1n) is 4.69. The Bertz CT molecular complexity index is 260. The molecule has 3 nitrogen and oxygen atoms in total. The fraction of sp³-hybridized carbons (Fsp3) is 0.700. The summed E-state index contributed by atoms with van der Waals surface area (Å²) in [4.78, 5) is 4.40. The van der Waals surface area contributed by atoms with Crippen molar-refractivity contribution in [2.75, 3.05) is 6.54 Å². The molecule has 1 heterocycles. The largest absolute Gasteiger partial charge is 0.449 e. The van der Waals surface area contributed by atoms with E-state index in [9.17, 15) is 0 Å². The summed E-state index contributed by atoms with van der Waals surface area (Å²) in [6.07, 6.45) is 3.52. The van der Waals surface area contributed by atoms with E-state index < -0.39 is 0 Å². The molecule has 0 aliphatic heterocycles. The summed E-state index contributed by atoms with van der Waals surface area (Å²) in [5.74, 6) is 0.801. The zero-order valence-electron chi connectivity index (χ0n) is 8.63. The summed E-state index contributed by atoms with van der Waals surface area (Å²) in [5.41, 5.74) is 6.49. The van der Waals surface area contributed by atoms with E-state index in [1.165, 1.54) is 0 Å². The summed E-state index contributed by atoms with van der Waals surface area (Å²) in [7, 11) is 0. The van der Waals surface area contributed by atoms with Gasteiger partial charge in [-0.1, -0.05) is 20.8 Å². The van der Waals surface area contributed by atoms with E-state index in [0.29, 0.717) is 6.54 Å². The third-order valence-corrected chi connectivity index (χ3v) is 1.91. The second-order valence-electron chi connectivity index (χ2n) is 4.27. The molecule has 0 fully saturated rings. The number of aryl methyl sites for hydroxylation is 1. The molecule has 3 heteroatoms. The summed E-state index contributed by atoms with van der Waals surface area (Å²) in [5, 5.41) is 0. The second-order valence-corrected chi connectivity index (χ2v) is 4.27. The zero-order valence-corrected chi connectivity index (χ0v) is 8.63. The van der Waals surface area contributed by atoms with Crippen LogP contribution in [-0.2, 0) is 11.8 Å². The first-order chi connectivity index (χ1) is 6.04. The van der Waals surface area contributed by atoms with Crippen LogP contribution in [0.2, 0.25) is 0 Å². The van der Waals surface area contributed by atoms with Gasteiger partial charge in [-0.15, -0.1) is 0 Å². The predicted octanol–water partition coefficient (Wildman–Crippen LogP) is 1.86. The third kappa shape index (κ3) is 2.84. The van der Waals surface area contributed by atoms with Crippen molar-refractivity contribution >= 4 is 0 Å². The van der Waals surface area contributed by atoms with Crippen molar-refractivity contribution in [3.63, 3.8) is 0 Å². The highest BCUT2D eigenvalue weighted by Crippen LogP contribution is 2.21. The minimum absolute atomic E-state index is 0.0739.